The average Bonchev–Trinajstić information content (AvgIpc) is 2.90. The summed E-state index contributed by atoms with van der Waals surface area (Å²) in [6.45, 7) is 2.58. The lowest BCUT2D eigenvalue weighted by Crippen LogP contribution is -2.32. The molecule has 3 nitrogen and oxygen atoms in total. The number of hydrogen-bond acceptors (Lipinski definition) is 1. The fraction of sp³-hybridized carbons (Fsp3) is 0.278. The van der Waals surface area contributed by atoms with Crippen molar-refractivity contribution in [1.29, 1.82) is 0 Å². The van der Waals surface area contributed by atoms with Crippen LogP contribution >= 0.6 is 0 Å². The third-order valence-corrected chi connectivity index (χ3v) is 4.31. The van der Waals surface area contributed by atoms with E-state index in [4.69, 9.17) is 5.11 Å². The topological polar surface area (TPSA) is 40.5 Å². The van der Waals surface area contributed by atoms with Crippen LogP contribution < -0.4 is 0 Å². The molecule has 1 saturated heterocycles. The van der Waals surface area contributed by atoms with Crippen LogP contribution in [0.3, 0.4) is 0 Å². The second-order valence-corrected chi connectivity index (χ2v) is 5.70. The number of carboxylic acid groups (broad SMARTS) is 1. The SMILES string of the molecule is C[C@@H]1C[C@H](c2ccc(-c3ccccc3)cc2)CN1C(=O)O. The molecule has 0 saturated carbocycles. The van der Waals surface area contributed by atoms with Gasteiger partial charge in [-0.3, -0.25) is 0 Å². The molecule has 0 radical (unpaired) electrons. The molecule has 0 spiro atoms. The minimum absolute atomic E-state index is 0.0984. The van der Waals surface area contributed by atoms with Crippen molar-refractivity contribution in [2.24, 2.45) is 0 Å². The first kappa shape index (κ1) is 13.7. The number of rotatable bonds is 2. The Morgan fingerprint density at radius 1 is 1.05 bits per heavy atom. The third-order valence-electron chi connectivity index (χ3n) is 4.31. The van der Waals surface area contributed by atoms with Crippen LogP contribution in [0.5, 0.6) is 0 Å². The summed E-state index contributed by atoms with van der Waals surface area (Å²) < 4.78 is 0. The number of nitrogens with zero attached hydrogens (tertiary/aromatic N) is 1. The molecule has 108 valence electrons. The Hall–Kier alpha value is -2.29. The van der Waals surface area contributed by atoms with Crippen LogP contribution in [0.4, 0.5) is 4.79 Å². The van der Waals surface area contributed by atoms with Crippen molar-refractivity contribution >= 4 is 6.09 Å². The van der Waals surface area contributed by atoms with Crippen molar-refractivity contribution in [2.75, 3.05) is 6.54 Å². The highest BCUT2D eigenvalue weighted by Gasteiger charge is 2.32. The van der Waals surface area contributed by atoms with E-state index in [0.717, 1.165) is 6.42 Å². The Labute approximate surface area is 124 Å². The minimum Gasteiger partial charge on any atom is -0.465 e. The number of benzene rings is 2. The van der Waals surface area contributed by atoms with E-state index in [0.29, 0.717) is 12.5 Å². The number of amides is 1. The first-order valence-electron chi connectivity index (χ1n) is 7.30. The van der Waals surface area contributed by atoms with Gasteiger partial charge in [-0.1, -0.05) is 54.6 Å². The Balaban J connectivity index is 1.78. The lowest BCUT2D eigenvalue weighted by atomic mass is 9.94. The summed E-state index contributed by atoms with van der Waals surface area (Å²) in [5, 5.41) is 9.17. The smallest absolute Gasteiger partial charge is 0.407 e. The Morgan fingerprint density at radius 2 is 1.67 bits per heavy atom. The van der Waals surface area contributed by atoms with Gasteiger partial charge in [-0.2, -0.15) is 0 Å². The van der Waals surface area contributed by atoms with Gasteiger partial charge >= 0.3 is 6.09 Å². The van der Waals surface area contributed by atoms with Gasteiger partial charge in [0.25, 0.3) is 0 Å². The first-order valence-corrected chi connectivity index (χ1v) is 7.30. The third kappa shape index (κ3) is 2.77. The largest absolute Gasteiger partial charge is 0.465 e. The van der Waals surface area contributed by atoms with Crippen molar-refractivity contribution in [1.82, 2.24) is 4.90 Å². The second-order valence-electron chi connectivity index (χ2n) is 5.70. The zero-order valence-electron chi connectivity index (χ0n) is 12.1. The number of hydrogen-bond donors (Lipinski definition) is 1. The number of likely N-dealkylation sites (tertiary alicyclic amines) is 1. The maximum atomic E-state index is 11.2. The zero-order chi connectivity index (χ0) is 14.8. The van der Waals surface area contributed by atoms with Crippen molar-refractivity contribution in [3.63, 3.8) is 0 Å². The summed E-state index contributed by atoms with van der Waals surface area (Å²) in [5.74, 6) is 0.306. The standard InChI is InChI=1S/C18H19NO2/c1-13-11-17(12-19(13)18(20)21)16-9-7-15(8-10-16)14-5-3-2-4-6-14/h2-10,13,17H,11-12H2,1H3,(H,20,21)/t13-,17+/m1/s1. The van der Waals surface area contributed by atoms with Crippen LogP contribution in [0.1, 0.15) is 24.8 Å². The quantitative estimate of drug-likeness (QED) is 0.895. The van der Waals surface area contributed by atoms with Crippen molar-refractivity contribution < 1.29 is 9.90 Å². The average molecular weight is 281 g/mol. The molecule has 2 atom stereocenters. The fourth-order valence-electron chi connectivity index (χ4n) is 3.12. The van der Waals surface area contributed by atoms with Gasteiger partial charge in [0.05, 0.1) is 0 Å². The van der Waals surface area contributed by atoms with Gasteiger partial charge in [0.1, 0.15) is 0 Å². The maximum absolute atomic E-state index is 11.2. The van der Waals surface area contributed by atoms with E-state index in [2.05, 4.69) is 36.4 Å². The Kier molecular flexibility index (Phi) is 3.65. The molecule has 2 aromatic carbocycles. The molecule has 0 unspecified atom stereocenters. The van der Waals surface area contributed by atoms with Gasteiger partial charge in [0.2, 0.25) is 0 Å². The van der Waals surface area contributed by atoms with Gasteiger partial charge in [0.15, 0.2) is 0 Å². The summed E-state index contributed by atoms with van der Waals surface area (Å²) in [4.78, 5) is 12.7. The highest BCUT2D eigenvalue weighted by molar-refractivity contribution is 5.66. The van der Waals surface area contributed by atoms with Crippen molar-refractivity contribution in [3.05, 3.63) is 60.2 Å². The molecule has 1 aliphatic rings. The van der Waals surface area contributed by atoms with Crippen LogP contribution in [-0.4, -0.2) is 28.7 Å². The maximum Gasteiger partial charge on any atom is 0.407 e. The lowest BCUT2D eigenvalue weighted by Gasteiger charge is -2.16. The summed E-state index contributed by atoms with van der Waals surface area (Å²) in [6.07, 6.45) is 0.0858. The van der Waals surface area contributed by atoms with Gasteiger partial charge in [0, 0.05) is 18.5 Å². The van der Waals surface area contributed by atoms with Gasteiger partial charge in [-0.25, -0.2) is 4.79 Å². The lowest BCUT2D eigenvalue weighted by molar-refractivity contribution is 0.143. The van der Waals surface area contributed by atoms with Crippen LogP contribution in [-0.2, 0) is 0 Å². The molecule has 1 heterocycles. The van der Waals surface area contributed by atoms with Gasteiger partial charge < -0.3 is 10.0 Å². The van der Waals surface area contributed by atoms with Gasteiger partial charge in [-0.15, -0.1) is 0 Å². The van der Waals surface area contributed by atoms with E-state index in [1.807, 2.05) is 25.1 Å². The Bertz CT molecular complexity index is 621. The Morgan fingerprint density at radius 3 is 2.24 bits per heavy atom. The molecule has 0 bridgehead atoms. The molecule has 0 aliphatic carbocycles. The van der Waals surface area contributed by atoms with Crippen molar-refractivity contribution in [3.8, 4) is 11.1 Å². The fourth-order valence-corrected chi connectivity index (χ4v) is 3.12. The summed E-state index contributed by atoms with van der Waals surface area (Å²) in [7, 11) is 0. The molecule has 2 aromatic rings. The molecule has 0 aromatic heterocycles. The summed E-state index contributed by atoms with van der Waals surface area (Å²) in [5.41, 5.74) is 3.63. The van der Waals surface area contributed by atoms with E-state index in [-0.39, 0.29) is 6.04 Å². The molecule has 3 rings (SSSR count). The van der Waals surface area contributed by atoms with E-state index in [1.165, 1.54) is 21.6 Å². The van der Waals surface area contributed by atoms with Crippen LogP contribution in [0, 0.1) is 0 Å². The van der Waals surface area contributed by atoms with E-state index in [9.17, 15) is 4.79 Å². The monoisotopic (exact) mass is 281 g/mol. The zero-order valence-corrected chi connectivity index (χ0v) is 12.1. The molecule has 1 N–H and O–H groups in total. The highest BCUT2D eigenvalue weighted by atomic mass is 16.4. The highest BCUT2D eigenvalue weighted by Crippen LogP contribution is 2.32. The predicted molar refractivity (Wildman–Crippen MR) is 83.4 cm³/mol. The molecular formula is C18H19NO2. The van der Waals surface area contributed by atoms with Gasteiger partial charge in [-0.05, 0) is 30.0 Å². The van der Waals surface area contributed by atoms with Crippen molar-refractivity contribution in [2.45, 2.75) is 25.3 Å². The van der Waals surface area contributed by atoms with E-state index in [1.54, 1.807) is 0 Å². The first-order chi connectivity index (χ1) is 10.1. The summed E-state index contributed by atoms with van der Waals surface area (Å²) in [6, 6.07) is 18.9. The van der Waals surface area contributed by atoms with Crippen LogP contribution in [0.2, 0.25) is 0 Å². The molecule has 21 heavy (non-hydrogen) atoms. The second kappa shape index (κ2) is 5.60. The molecule has 1 aliphatic heterocycles. The van der Waals surface area contributed by atoms with Crippen LogP contribution in [0.25, 0.3) is 11.1 Å². The predicted octanol–water partition coefficient (Wildman–Crippen LogP) is 4.21. The molecule has 1 fully saturated rings. The summed E-state index contributed by atoms with van der Waals surface area (Å²) >= 11 is 0. The molecule has 1 amide bonds. The molecular weight excluding hydrogens is 262 g/mol. The van der Waals surface area contributed by atoms with E-state index < -0.39 is 6.09 Å². The number of carbonyl (C=O) groups is 1. The normalized spacial score (nSPS) is 21.5. The van der Waals surface area contributed by atoms with Crippen LogP contribution in [0.15, 0.2) is 54.6 Å². The molecule has 3 heteroatoms. The van der Waals surface area contributed by atoms with E-state index >= 15 is 0 Å². The minimum atomic E-state index is -0.814.